The third-order valence-corrected chi connectivity index (χ3v) is 7.02. The molecule has 0 N–H and O–H groups in total. The second-order valence-corrected chi connectivity index (χ2v) is 8.86. The predicted molar refractivity (Wildman–Crippen MR) is 114 cm³/mol. The van der Waals surface area contributed by atoms with Crippen LogP contribution in [-0.2, 0) is 19.1 Å². The fourth-order valence-corrected chi connectivity index (χ4v) is 5.35. The molecule has 9 nitrogen and oxygen atoms in total. The molecule has 2 fully saturated rings. The predicted octanol–water partition coefficient (Wildman–Crippen LogP) is 2.22. The highest BCUT2D eigenvalue weighted by Gasteiger charge is 2.52. The van der Waals surface area contributed by atoms with Crippen LogP contribution in [0.2, 0.25) is 0 Å². The highest BCUT2D eigenvalue weighted by molar-refractivity contribution is 6.11. The van der Waals surface area contributed by atoms with E-state index in [1.807, 2.05) is 0 Å². The molecular formula is C23H27N3O6. The molecule has 1 aromatic carbocycles. The average Bonchev–Trinajstić information content (AvgIpc) is 3.10. The number of benzene rings is 1. The Bertz CT molecular complexity index is 970. The summed E-state index contributed by atoms with van der Waals surface area (Å²) in [5.41, 5.74) is 0.892. The molecule has 0 radical (unpaired) electrons. The molecule has 0 aromatic heterocycles. The van der Waals surface area contributed by atoms with Gasteiger partial charge in [-0.15, -0.1) is 0 Å². The largest absolute Gasteiger partial charge is 0.483 e. The number of morpholine rings is 1. The van der Waals surface area contributed by atoms with E-state index in [9.17, 15) is 19.7 Å². The van der Waals surface area contributed by atoms with Gasteiger partial charge in [0.25, 0.3) is 11.6 Å². The number of fused-ring (bicyclic) bond motifs is 1. The van der Waals surface area contributed by atoms with Gasteiger partial charge in [-0.3, -0.25) is 24.6 Å². The van der Waals surface area contributed by atoms with Gasteiger partial charge in [0.05, 0.1) is 35.7 Å². The Balaban J connectivity index is 1.50. The van der Waals surface area contributed by atoms with Crippen molar-refractivity contribution in [2.75, 3.05) is 39.4 Å². The maximum Gasteiger partial charge on any atom is 0.290 e. The Labute approximate surface area is 186 Å². The number of hydrogen-bond acceptors (Lipinski definition) is 7. The third kappa shape index (κ3) is 3.69. The summed E-state index contributed by atoms with van der Waals surface area (Å²) in [6.45, 7) is 3.93. The Hall–Kier alpha value is -2.78. The van der Waals surface area contributed by atoms with Crippen molar-refractivity contribution < 1.29 is 24.0 Å². The van der Waals surface area contributed by atoms with Gasteiger partial charge in [0.2, 0.25) is 0 Å². The second kappa shape index (κ2) is 8.63. The molecule has 1 amide bonds. The van der Waals surface area contributed by atoms with Crippen LogP contribution in [0.3, 0.4) is 0 Å². The minimum absolute atomic E-state index is 0.0327. The van der Waals surface area contributed by atoms with Crippen LogP contribution in [-0.4, -0.2) is 71.9 Å². The number of Topliss-reactive ketones (excluding diaryl/α,β-unsaturated/α-hetero) is 1. The van der Waals surface area contributed by atoms with Gasteiger partial charge in [-0.05, 0) is 24.8 Å². The topological polar surface area (TPSA) is 102 Å². The fraction of sp³-hybridized carbons (Fsp3) is 0.565. The quantitative estimate of drug-likeness (QED) is 0.510. The minimum Gasteiger partial charge on any atom is -0.483 e. The molecule has 3 unspecified atom stereocenters. The van der Waals surface area contributed by atoms with E-state index in [-0.39, 0.29) is 35.2 Å². The van der Waals surface area contributed by atoms with Crippen LogP contribution >= 0.6 is 0 Å². The Morgan fingerprint density at radius 1 is 1.09 bits per heavy atom. The lowest BCUT2D eigenvalue weighted by Gasteiger charge is -2.35. The van der Waals surface area contributed by atoms with E-state index in [1.165, 1.54) is 12.1 Å². The van der Waals surface area contributed by atoms with Crippen molar-refractivity contribution in [1.82, 2.24) is 9.80 Å². The molecular weight excluding hydrogens is 414 g/mol. The number of carbonyl (C=O) groups is 2. The van der Waals surface area contributed by atoms with Crippen LogP contribution in [0.5, 0.6) is 0 Å². The molecule has 4 aliphatic rings. The summed E-state index contributed by atoms with van der Waals surface area (Å²) in [6.07, 6.45) is 3.23. The normalized spacial score (nSPS) is 28.4. The number of nitrogens with zero attached hydrogens (tertiary/aromatic N) is 3. The molecule has 1 aromatic rings. The van der Waals surface area contributed by atoms with Gasteiger partial charge in [0.1, 0.15) is 6.10 Å². The molecule has 3 atom stereocenters. The van der Waals surface area contributed by atoms with Crippen molar-refractivity contribution in [2.24, 2.45) is 5.92 Å². The van der Waals surface area contributed by atoms with Gasteiger partial charge in [0.15, 0.2) is 11.5 Å². The molecule has 170 valence electrons. The first-order chi connectivity index (χ1) is 15.5. The van der Waals surface area contributed by atoms with E-state index in [4.69, 9.17) is 9.47 Å². The van der Waals surface area contributed by atoms with E-state index in [1.54, 1.807) is 17.0 Å². The molecule has 0 spiro atoms. The first-order valence-electron chi connectivity index (χ1n) is 11.3. The van der Waals surface area contributed by atoms with Crippen molar-refractivity contribution in [3.63, 3.8) is 0 Å². The number of hydrogen-bond donors (Lipinski definition) is 0. The van der Waals surface area contributed by atoms with Crippen molar-refractivity contribution in [2.45, 2.75) is 37.8 Å². The number of non-ortho nitro benzene ring substituents is 1. The lowest BCUT2D eigenvalue weighted by molar-refractivity contribution is -0.384. The number of amides is 1. The summed E-state index contributed by atoms with van der Waals surface area (Å²) >= 11 is 0. The molecule has 9 heteroatoms. The summed E-state index contributed by atoms with van der Waals surface area (Å²) in [5, 5.41) is 11.4. The van der Waals surface area contributed by atoms with Crippen molar-refractivity contribution in [3.8, 4) is 0 Å². The van der Waals surface area contributed by atoms with Gasteiger partial charge < -0.3 is 14.4 Å². The lowest BCUT2D eigenvalue weighted by atomic mass is 9.77. The van der Waals surface area contributed by atoms with E-state index < -0.39 is 11.0 Å². The highest BCUT2D eigenvalue weighted by Crippen LogP contribution is 2.47. The van der Waals surface area contributed by atoms with Crippen LogP contribution in [0.4, 0.5) is 5.69 Å². The van der Waals surface area contributed by atoms with E-state index in [0.717, 1.165) is 38.8 Å². The zero-order valence-electron chi connectivity index (χ0n) is 17.9. The first kappa shape index (κ1) is 21.1. The maximum atomic E-state index is 13.6. The molecule has 1 aliphatic carbocycles. The number of ketones is 1. The van der Waals surface area contributed by atoms with Crippen LogP contribution in [0, 0.1) is 16.0 Å². The summed E-state index contributed by atoms with van der Waals surface area (Å²) in [4.78, 5) is 41.8. The molecule has 5 rings (SSSR count). The summed E-state index contributed by atoms with van der Waals surface area (Å²) in [5.74, 6) is -0.413. The van der Waals surface area contributed by atoms with E-state index in [0.29, 0.717) is 37.4 Å². The van der Waals surface area contributed by atoms with E-state index in [2.05, 4.69) is 4.90 Å². The van der Waals surface area contributed by atoms with Crippen LogP contribution in [0.15, 0.2) is 35.6 Å². The third-order valence-electron chi connectivity index (χ3n) is 7.02. The Morgan fingerprint density at radius 2 is 1.88 bits per heavy atom. The standard InChI is InChI=1S/C23H27N3O6/c27-21-17-6-1-2-7-18(17)32-22-19(21)20(15-4-3-5-16(14-15)26(29)30)25(23(22)28)9-8-24-10-12-31-13-11-24/h3-5,14,17-18,20H,1-2,6-13H2. The van der Waals surface area contributed by atoms with Gasteiger partial charge in [-0.25, -0.2) is 0 Å². The molecule has 3 heterocycles. The molecule has 1 saturated carbocycles. The SMILES string of the molecule is O=C1C2=C(OC3CCCCC13)C(=O)N(CCN1CCOCC1)C2c1cccc([N+](=O)[O-])c1. The molecule has 0 bridgehead atoms. The van der Waals surface area contributed by atoms with Gasteiger partial charge in [0, 0.05) is 38.3 Å². The molecule has 3 aliphatic heterocycles. The van der Waals surface area contributed by atoms with Crippen molar-refractivity contribution in [1.29, 1.82) is 0 Å². The van der Waals surface area contributed by atoms with Crippen LogP contribution in [0.25, 0.3) is 0 Å². The Morgan fingerprint density at radius 3 is 2.66 bits per heavy atom. The maximum absolute atomic E-state index is 13.6. The molecule has 1 saturated heterocycles. The number of nitro benzene ring substituents is 1. The van der Waals surface area contributed by atoms with E-state index >= 15 is 0 Å². The summed E-state index contributed by atoms with van der Waals surface area (Å²) < 4.78 is 11.6. The average molecular weight is 441 g/mol. The number of nitro groups is 1. The number of rotatable bonds is 5. The number of ether oxygens (including phenoxy) is 2. The van der Waals surface area contributed by atoms with Crippen LogP contribution < -0.4 is 0 Å². The van der Waals surface area contributed by atoms with Crippen LogP contribution in [0.1, 0.15) is 37.3 Å². The van der Waals surface area contributed by atoms with Gasteiger partial charge >= 0.3 is 0 Å². The fourth-order valence-electron chi connectivity index (χ4n) is 5.35. The summed E-state index contributed by atoms with van der Waals surface area (Å²) in [6, 6.07) is 5.59. The zero-order valence-corrected chi connectivity index (χ0v) is 17.9. The number of carbonyl (C=O) groups excluding carboxylic acids is 2. The highest BCUT2D eigenvalue weighted by atomic mass is 16.6. The second-order valence-electron chi connectivity index (χ2n) is 8.86. The lowest BCUT2D eigenvalue weighted by Crippen LogP contribution is -2.43. The first-order valence-corrected chi connectivity index (χ1v) is 11.3. The monoisotopic (exact) mass is 441 g/mol. The van der Waals surface area contributed by atoms with Crippen molar-refractivity contribution >= 4 is 17.4 Å². The summed E-state index contributed by atoms with van der Waals surface area (Å²) in [7, 11) is 0. The smallest absolute Gasteiger partial charge is 0.290 e. The van der Waals surface area contributed by atoms with Gasteiger partial charge in [-0.1, -0.05) is 18.6 Å². The van der Waals surface area contributed by atoms with Gasteiger partial charge in [-0.2, -0.15) is 0 Å². The Kier molecular flexibility index (Phi) is 5.69. The zero-order chi connectivity index (χ0) is 22.2. The minimum atomic E-state index is -0.659. The van der Waals surface area contributed by atoms with Crippen molar-refractivity contribution in [3.05, 3.63) is 51.3 Å². The molecule has 32 heavy (non-hydrogen) atoms.